The molecule has 0 spiro atoms. The highest BCUT2D eigenvalue weighted by Crippen LogP contribution is 2.21. The number of benzene rings is 1. The van der Waals surface area contributed by atoms with Crippen molar-refractivity contribution in [1.82, 2.24) is 0 Å². The van der Waals surface area contributed by atoms with Gasteiger partial charge in [-0.2, -0.15) is 0 Å². The zero-order valence-corrected chi connectivity index (χ0v) is 11.6. The Labute approximate surface area is 112 Å². The molecule has 1 heterocycles. The Hall–Kier alpha value is -1.95. The van der Waals surface area contributed by atoms with Gasteiger partial charge in [0.05, 0.1) is 24.8 Å². The van der Waals surface area contributed by atoms with Crippen molar-refractivity contribution in [2.45, 2.75) is 13.5 Å². The zero-order chi connectivity index (χ0) is 13.9. The molecule has 0 aliphatic rings. The zero-order valence-electron chi connectivity index (χ0n) is 10.8. The number of sulfonamides is 1. The molecule has 0 fully saturated rings. The third-order valence-electron chi connectivity index (χ3n) is 2.57. The summed E-state index contributed by atoms with van der Waals surface area (Å²) in [6.07, 6.45) is 2.76. The van der Waals surface area contributed by atoms with E-state index in [9.17, 15) is 8.42 Å². The SMILES string of the molecule is Cc1cc(NCc2ccco2)ccc1NS(C)(=O)=O. The van der Waals surface area contributed by atoms with E-state index < -0.39 is 10.0 Å². The van der Waals surface area contributed by atoms with Gasteiger partial charge in [-0.3, -0.25) is 4.72 Å². The monoisotopic (exact) mass is 280 g/mol. The van der Waals surface area contributed by atoms with Crippen molar-refractivity contribution < 1.29 is 12.8 Å². The van der Waals surface area contributed by atoms with Crippen molar-refractivity contribution in [3.63, 3.8) is 0 Å². The lowest BCUT2D eigenvalue weighted by Crippen LogP contribution is -2.10. The van der Waals surface area contributed by atoms with Gasteiger partial charge in [-0.15, -0.1) is 0 Å². The maximum absolute atomic E-state index is 11.2. The van der Waals surface area contributed by atoms with Gasteiger partial charge in [0.15, 0.2) is 0 Å². The molecule has 19 heavy (non-hydrogen) atoms. The topological polar surface area (TPSA) is 71.3 Å². The first-order chi connectivity index (χ1) is 8.94. The smallest absolute Gasteiger partial charge is 0.229 e. The average Bonchev–Trinajstić information content (AvgIpc) is 2.81. The minimum absolute atomic E-state index is 0.589. The van der Waals surface area contributed by atoms with Gasteiger partial charge in [-0.05, 0) is 42.8 Å². The number of nitrogens with one attached hydrogen (secondary N) is 2. The van der Waals surface area contributed by atoms with E-state index in [0.29, 0.717) is 12.2 Å². The van der Waals surface area contributed by atoms with Crippen LogP contribution < -0.4 is 10.0 Å². The third kappa shape index (κ3) is 4.03. The fourth-order valence-electron chi connectivity index (χ4n) is 1.69. The van der Waals surface area contributed by atoms with E-state index in [4.69, 9.17) is 4.42 Å². The van der Waals surface area contributed by atoms with Crippen molar-refractivity contribution in [2.75, 3.05) is 16.3 Å². The van der Waals surface area contributed by atoms with Crippen LogP contribution in [0.1, 0.15) is 11.3 Å². The van der Waals surface area contributed by atoms with Crippen molar-refractivity contribution >= 4 is 21.4 Å². The van der Waals surface area contributed by atoms with E-state index in [0.717, 1.165) is 23.3 Å². The van der Waals surface area contributed by atoms with Crippen LogP contribution in [0.15, 0.2) is 41.0 Å². The minimum Gasteiger partial charge on any atom is -0.467 e. The van der Waals surface area contributed by atoms with Crippen molar-refractivity contribution in [3.05, 3.63) is 47.9 Å². The largest absolute Gasteiger partial charge is 0.467 e. The maximum atomic E-state index is 11.2. The molecule has 0 aliphatic carbocycles. The lowest BCUT2D eigenvalue weighted by Gasteiger charge is -2.10. The van der Waals surface area contributed by atoms with E-state index in [1.807, 2.05) is 31.2 Å². The lowest BCUT2D eigenvalue weighted by atomic mass is 10.2. The van der Waals surface area contributed by atoms with Crippen LogP contribution in [0.5, 0.6) is 0 Å². The van der Waals surface area contributed by atoms with Crippen molar-refractivity contribution in [2.24, 2.45) is 0 Å². The molecule has 102 valence electrons. The number of hydrogen-bond donors (Lipinski definition) is 2. The predicted molar refractivity (Wildman–Crippen MR) is 75.7 cm³/mol. The van der Waals surface area contributed by atoms with Crippen LogP contribution >= 0.6 is 0 Å². The molecular formula is C13H16N2O3S. The van der Waals surface area contributed by atoms with Gasteiger partial charge in [-0.25, -0.2) is 8.42 Å². The van der Waals surface area contributed by atoms with Crippen LogP contribution in [0.25, 0.3) is 0 Å². The first kappa shape index (κ1) is 13.5. The molecule has 0 aliphatic heterocycles. The predicted octanol–water partition coefficient (Wildman–Crippen LogP) is 2.57. The molecule has 2 aromatic rings. The minimum atomic E-state index is -3.25. The standard InChI is InChI=1S/C13H16N2O3S/c1-10-8-11(14-9-12-4-3-7-18-12)5-6-13(10)15-19(2,16)17/h3-8,14-15H,9H2,1-2H3. The number of furan rings is 1. The summed E-state index contributed by atoms with van der Waals surface area (Å²) in [6.45, 7) is 2.44. The molecule has 0 saturated heterocycles. The second-order valence-electron chi connectivity index (χ2n) is 4.34. The van der Waals surface area contributed by atoms with Gasteiger partial charge in [0.2, 0.25) is 10.0 Å². The second-order valence-corrected chi connectivity index (χ2v) is 6.09. The molecule has 0 saturated carbocycles. The molecule has 2 N–H and O–H groups in total. The Morgan fingerprint density at radius 1 is 1.26 bits per heavy atom. The van der Waals surface area contributed by atoms with E-state index in [-0.39, 0.29) is 0 Å². The van der Waals surface area contributed by atoms with Gasteiger partial charge >= 0.3 is 0 Å². The van der Waals surface area contributed by atoms with E-state index >= 15 is 0 Å². The molecule has 1 aromatic heterocycles. The molecule has 0 atom stereocenters. The van der Waals surface area contributed by atoms with Crippen molar-refractivity contribution in [3.8, 4) is 0 Å². The molecule has 1 aromatic carbocycles. The number of aryl methyl sites for hydroxylation is 1. The van der Waals surface area contributed by atoms with Crippen LogP contribution in [-0.4, -0.2) is 14.7 Å². The summed E-state index contributed by atoms with van der Waals surface area (Å²) in [7, 11) is -3.25. The summed E-state index contributed by atoms with van der Waals surface area (Å²) in [5, 5.41) is 3.21. The van der Waals surface area contributed by atoms with Crippen LogP contribution in [0, 0.1) is 6.92 Å². The first-order valence-electron chi connectivity index (χ1n) is 5.79. The Balaban J connectivity index is 2.06. The highest BCUT2D eigenvalue weighted by molar-refractivity contribution is 7.92. The van der Waals surface area contributed by atoms with Crippen molar-refractivity contribution in [1.29, 1.82) is 0 Å². The van der Waals surface area contributed by atoms with Gasteiger partial charge in [0, 0.05) is 5.69 Å². The van der Waals surface area contributed by atoms with Gasteiger partial charge in [0.1, 0.15) is 5.76 Å². The molecule has 5 nitrogen and oxygen atoms in total. The number of rotatable bonds is 5. The van der Waals surface area contributed by atoms with Gasteiger partial charge in [0.25, 0.3) is 0 Å². The number of hydrogen-bond acceptors (Lipinski definition) is 4. The molecular weight excluding hydrogens is 264 g/mol. The summed E-state index contributed by atoms with van der Waals surface area (Å²) in [5.74, 6) is 0.844. The molecule has 0 amide bonds. The molecule has 6 heteroatoms. The summed E-state index contributed by atoms with van der Waals surface area (Å²) in [4.78, 5) is 0. The van der Waals surface area contributed by atoms with Crippen LogP contribution in [0.4, 0.5) is 11.4 Å². The Morgan fingerprint density at radius 2 is 2.05 bits per heavy atom. The maximum Gasteiger partial charge on any atom is 0.229 e. The highest BCUT2D eigenvalue weighted by Gasteiger charge is 2.05. The Bertz CT molecular complexity index is 649. The van der Waals surface area contributed by atoms with Crippen LogP contribution in [0.3, 0.4) is 0 Å². The highest BCUT2D eigenvalue weighted by atomic mass is 32.2. The lowest BCUT2D eigenvalue weighted by molar-refractivity contribution is 0.518. The number of anilines is 2. The normalized spacial score (nSPS) is 11.3. The molecule has 0 bridgehead atoms. The molecule has 0 radical (unpaired) electrons. The first-order valence-corrected chi connectivity index (χ1v) is 7.68. The van der Waals surface area contributed by atoms with E-state index in [1.165, 1.54) is 0 Å². The summed E-state index contributed by atoms with van der Waals surface area (Å²) < 4.78 is 30.1. The van der Waals surface area contributed by atoms with E-state index in [2.05, 4.69) is 10.0 Å². The van der Waals surface area contributed by atoms with Gasteiger partial charge < -0.3 is 9.73 Å². The Kier molecular flexibility index (Phi) is 3.80. The quantitative estimate of drug-likeness (QED) is 0.883. The Morgan fingerprint density at radius 3 is 2.63 bits per heavy atom. The van der Waals surface area contributed by atoms with Crippen LogP contribution in [-0.2, 0) is 16.6 Å². The van der Waals surface area contributed by atoms with Crippen LogP contribution in [0.2, 0.25) is 0 Å². The van der Waals surface area contributed by atoms with Gasteiger partial charge in [-0.1, -0.05) is 0 Å². The molecule has 2 rings (SSSR count). The molecule has 0 unspecified atom stereocenters. The fraction of sp³-hybridized carbons (Fsp3) is 0.231. The average molecular weight is 280 g/mol. The summed E-state index contributed by atoms with van der Waals surface area (Å²) in [6, 6.07) is 9.17. The second kappa shape index (κ2) is 5.36. The van der Waals surface area contributed by atoms with E-state index in [1.54, 1.807) is 12.3 Å². The third-order valence-corrected chi connectivity index (χ3v) is 3.16. The summed E-state index contributed by atoms with van der Waals surface area (Å²) >= 11 is 0. The fourth-order valence-corrected chi connectivity index (χ4v) is 2.32. The summed E-state index contributed by atoms with van der Waals surface area (Å²) in [5.41, 5.74) is 2.36.